The van der Waals surface area contributed by atoms with Crippen molar-refractivity contribution in [1.82, 2.24) is 9.88 Å². The summed E-state index contributed by atoms with van der Waals surface area (Å²) in [5, 5.41) is 13.3. The number of hydrogen-bond donors (Lipinski definition) is 1. The van der Waals surface area contributed by atoms with Crippen LogP contribution in [0.4, 0.5) is 5.69 Å². The van der Waals surface area contributed by atoms with Gasteiger partial charge in [-0.05, 0) is 5.56 Å². The first kappa shape index (κ1) is 18.8. The molecular formula is C17H17N3O6. The molecule has 2 aromatic rings. The van der Waals surface area contributed by atoms with Crippen LogP contribution < -0.4 is 10.9 Å². The Morgan fingerprint density at radius 3 is 2.54 bits per heavy atom. The highest BCUT2D eigenvalue weighted by molar-refractivity contribution is 5.84. The summed E-state index contributed by atoms with van der Waals surface area (Å²) in [6, 6.07) is 10.1. The number of carbonyl (C=O) groups excluding carboxylic acids is 2. The van der Waals surface area contributed by atoms with Gasteiger partial charge in [0, 0.05) is 18.6 Å². The Balaban J connectivity index is 2.12. The lowest BCUT2D eigenvalue weighted by atomic mass is 10.1. The summed E-state index contributed by atoms with van der Waals surface area (Å²) in [4.78, 5) is 46.0. The van der Waals surface area contributed by atoms with Gasteiger partial charge in [0.25, 0.3) is 11.2 Å². The number of pyridine rings is 1. The third kappa shape index (κ3) is 5.00. The van der Waals surface area contributed by atoms with E-state index < -0.39 is 34.9 Å². The first-order valence-electron chi connectivity index (χ1n) is 7.66. The summed E-state index contributed by atoms with van der Waals surface area (Å²) in [6.45, 7) is -0.456. The second kappa shape index (κ2) is 8.56. The zero-order valence-electron chi connectivity index (χ0n) is 14.0. The maximum absolute atomic E-state index is 12.2. The molecule has 136 valence electrons. The minimum absolute atomic E-state index is 0.211. The highest BCUT2D eigenvalue weighted by atomic mass is 16.6. The third-order valence-corrected chi connectivity index (χ3v) is 3.60. The summed E-state index contributed by atoms with van der Waals surface area (Å²) in [5.74, 6) is -1.27. The summed E-state index contributed by atoms with van der Waals surface area (Å²) >= 11 is 0. The highest BCUT2D eigenvalue weighted by Gasteiger charge is 2.22. The van der Waals surface area contributed by atoms with E-state index >= 15 is 0 Å². The number of benzene rings is 1. The van der Waals surface area contributed by atoms with Crippen LogP contribution in [-0.4, -0.2) is 34.5 Å². The SMILES string of the molecule is COC(=O)[C@@H](Cc1ccccc1)NC(=O)Cn1cc([N+](=O)[O-])ccc1=O. The topological polar surface area (TPSA) is 121 Å². The minimum atomic E-state index is -0.940. The first-order chi connectivity index (χ1) is 12.4. The van der Waals surface area contributed by atoms with Gasteiger partial charge in [-0.1, -0.05) is 30.3 Å². The van der Waals surface area contributed by atoms with Crippen LogP contribution in [0, 0.1) is 10.1 Å². The Morgan fingerprint density at radius 2 is 1.92 bits per heavy atom. The number of methoxy groups -OCH3 is 1. The van der Waals surface area contributed by atoms with E-state index in [1.54, 1.807) is 24.3 Å². The lowest BCUT2D eigenvalue weighted by molar-refractivity contribution is -0.385. The number of carbonyl (C=O) groups is 2. The fraction of sp³-hybridized carbons (Fsp3) is 0.235. The van der Waals surface area contributed by atoms with E-state index in [-0.39, 0.29) is 12.1 Å². The number of aromatic nitrogens is 1. The van der Waals surface area contributed by atoms with Crippen LogP contribution in [0.5, 0.6) is 0 Å². The molecule has 9 nitrogen and oxygen atoms in total. The maximum atomic E-state index is 12.2. The molecule has 0 unspecified atom stereocenters. The van der Waals surface area contributed by atoms with Crippen molar-refractivity contribution in [2.45, 2.75) is 19.0 Å². The van der Waals surface area contributed by atoms with Crippen LogP contribution in [0.15, 0.2) is 53.5 Å². The standard InChI is InChI=1S/C17H17N3O6/c1-26-17(23)14(9-12-5-3-2-4-6-12)18-15(21)11-19-10-13(20(24)25)7-8-16(19)22/h2-8,10,14H,9,11H2,1H3,(H,18,21)/t14-/m1/s1. The third-order valence-electron chi connectivity index (χ3n) is 3.60. The number of nitrogens with zero attached hydrogens (tertiary/aromatic N) is 2. The predicted molar refractivity (Wildman–Crippen MR) is 91.4 cm³/mol. The molecule has 0 bridgehead atoms. The lowest BCUT2D eigenvalue weighted by Crippen LogP contribution is -2.45. The monoisotopic (exact) mass is 359 g/mol. The maximum Gasteiger partial charge on any atom is 0.328 e. The van der Waals surface area contributed by atoms with Gasteiger partial charge in [-0.25, -0.2) is 4.79 Å². The predicted octanol–water partition coefficient (Wildman–Crippen LogP) is 0.657. The molecule has 0 aliphatic carbocycles. The molecule has 2 rings (SSSR count). The molecular weight excluding hydrogens is 342 g/mol. The van der Waals surface area contributed by atoms with E-state index in [1.807, 2.05) is 6.07 Å². The molecule has 0 radical (unpaired) electrons. The second-order valence-corrected chi connectivity index (χ2v) is 5.44. The molecule has 9 heteroatoms. The zero-order valence-corrected chi connectivity index (χ0v) is 14.0. The quantitative estimate of drug-likeness (QED) is 0.440. The average molecular weight is 359 g/mol. The number of esters is 1. The number of ether oxygens (including phenoxy) is 1. The van der Waals surface area contributed by atoms with Gasteiger partial charge < -0.3 is 10.1 Å². The molecule has 1 heterocycles. The molecule has 1 aromatic carbocycles. The van der Waals surface area contributed by atoms with E-state index in [2.05, 4.69) is 5.32 Å². The van der Waals surface area contributed by atoms with E-state index in [1.165, 1.54) is 7.11 Å². The Morgan fingerprint density at radius 1 is 1.23 bits per heavy atom. The van der Waals surface area contributed by atoms with Gasteiger partial charge in [-0.15, -0.1) is 0 Å². The van der Waals surface area contributed by atoms with Crippen LogP contribution in [-0.2, 0) is 27.3 Å². The molecule has 26 heavy (non-hydrogen) atoms. The van der Waals surface area contributed by atoms with Gasteiger partial charge in [-0.2, -0.15) is 0 Å². The molecule has 1 aromatic heterocycles. The number of amides is 1. The van der Waals surface area contributed by atoms with E-state index in [9.17, 15) is 24.5 Å². The van der Waals surface area contributed by atoms with Crippen molar-refractivity contribution in [3.8, 4) is 0 Å². The van der Waals surface area contributed by atoms with Crippen LogP contribution >= 0.6 is 0 Å². The van der Waals surface area contributed by atoms with Crippen LogP contribution in [0.25, 0.3) is 0 Å². The lowest BCUT2D eigenvalue weighted by Gasteiger charge is -2.17. The largest absolute Gasteiger partial charge is 0.467 e. The van der Waals surface area contributed by atoms with Crippen molar-refractivity contribution in [3.05, 3.63) is 74.7 Å². The summed E-state index contributed by atoms with van der Waals surface area (Å²) in [6.07, 6.45) is 1.19. The normalized spacial score (nSPS) is 11.4. The fourth-order valence-electron chi connectivity index (χ4n) is 2.33. The fourth-order valence-corrected chi connectivity index (χ4v) is 2.33. The molecule has 0 saturated heterocycles. The second-order valence-electron chi connectivity index (χ2n) is 5.44. The van der Waals surface area contributed by atoms with Crippen LogP contribution in [0.2, 0.25) is 0 Å². The Kier molecular flexibility index (Phi) is 6.20. The van der Waals surface area contributed by atoms with Gasteiger partial charge in [0.15, 0.2) is 0 Å². The molecule has 1 atom stereocenters. The molecule has 0 saturated carbocycles. The van der Waals surface area contributed by atoms with E-state index in [0.29, 0.717) is 0 Å². The van der Waals surface area contributed by atoms with Crippen molar-refractivity contribution in [3.63, 3.8) is 0 Å². The number of nitro groups is 1. The summed E-state index contributed by atoms with van der Waals surface area (Å²) in [7, 11) is 1.21. The average Bonchev–Trinajstić information content (AvgIpc) is 2.63. The van der Waals surface area contributed by atoms with E-state index in [0.717, 1.165) is 28.5 Å². The first-order valence-corrected chi connectivity index (χ1v) is 7.66. The van der Waals surface area contributed by atoms with Gasteiger partial charge in [0.1, 0.15) is 12.6 Å². The van der Waals surface area contributed by atoms with Gasteiger partial charge in [0.2, 0.25) is 5.91 Å². The van der Waals surface area contributed by atoms with Crippen molar-refractivity contribution in [1.29, 1.82) is 0 Å². The van der Waals surface area contributed by atoms with Crippen molar-refractivity contribution >= 4 is 17.6 Å². The van der Waals surface area contributed by atoms with Gasteiger partial charge in [0.05, 0.1) is 18.2 Å². The summed E-state index contributed by atoms with van der Waals surface area (Å²) in [5.41, 5.74) is -0.0645. The smallest absolute Gasteiger partial charge is 0.328 e. The number of rotatable bonds is 7. The molecule has 0 spiro atoms. The zero-order chi connectivity index (χ0) is 19.1. The van der Waals surface area contributed by atoms with Gasteiger partial charge >= 0.3 is 5.97 Å². The molecule has 1 N–H and O–H groups in total. The highest BCUT2D eigenvalue weighted by Crippen LogP contribution is 2.07. The van der Waals surface area contributed by atoms with Gasteiger partial charge in [-0.3, -0.25) is 24.3 Å². The molecule has 0 fully saturated rings. The van der Waals surface area contributed by atoms with Crippen molar-refractivity contribution in [2.24, 2.45) is 0 Å². The molecule has 1 amide bonds. The number of hydrogen-bond acceptors (Lipinski definition) is 6. The van der Waals surface area contributed by atoms with E-state index in [4.69, 9.17) is 4.74 Å². The van der Waals surface area contributed by atoms with Crippen LogP contribution in [0.3, 0.4) is 0 Å². The Bertz CT molecular complexity index is 862. The molecule has 0 aliphatic heterocycles. The van der Waals surface area contributed by atoms with Crippen LogP contribution in [0.1, 0.15) is 5.56 Å². The Labute approximate surface area is 148 Å². The minimum Gasteiger partial charge on any atom is -0.467 e. The van der Waals surface area contributed by atoms with Crippen molar-refractivity contribution in [2.75, 3.05) is 7.11 Å². The summed E-state index contributed by atoms with van der Waals surface area (Å²) < 4.78 is 5.61. The number of nitrogens with one attached hydrogen (secondary N) is 1. The molecule has 0 aliphatic rings. The Hall–Kier alpha value is -3.49. The van der Waals surface area contributed by atoms with Crippen molar-refractivity contribution < 1.29 is 19.2 Å².